The number of aromatic nitrogens is 2. The number of nitrogens with one attached hydrogen (secondary N) is 2. The Morgan fingerprint density at radius 1 is 1.41 bits per heavy atom. The van der Waals surface area contributed by atoms with E-state index in [0.29, 0.717) is 12.0 Å². The Balaban J connectivity index is 2.10. The number of halogens is 1. The Kier molecular flexibility index (Phi) is 2.60. The predicted octanol–water partition coefficient (Wildman–Crippen LogP) is 3.20. The molecule has 0 bridgehead atoms. The average Bonchev–Trinajstić information content (AvgIpc) is 2.89. The smallest absolute Gasteiger partial charge is 0.124 e. The summed E-state index contributed by atoms with van der Waals surface area (Å²) in [5.41, 5.74) is 3.12. The fourth-order valence-electron chi connectivity index (χ4n) is 2.55. The van der Waals surface area contributed by atoms with Crippen molar-refractivity contribution >= 4 is 22.6 Å². The minimum absolute atomic E-state index is 0.348. The topological polar surface area (TPSA) is 40.7 Å². The number of imidazole rings is 1. The monoisotopic (exact) mass is 249 g/mol. The number of hydrogen-bond donors (Lipinski definition) is 2. The summed E-state index contributed by atoms with van der Waals surface area (Å²) in [6.45, 7) is 5.35. The molecule has 0 saturated carbocycles. The third kappa shape index (κ3) is 1.74. The van der Waals surface area contributed by atoms with Gasteiger partial charge in [0.05, 0.1) is 17.1 Å². The highest BCUT2D eigenvalue weighted by Gasteiger charge is 2.27. The molecule has 0 radical (unpaired) electrons. The number of H-pyrrole nitrogens is 1. The van der Waals surface area contributed by atoms with E-state index in [-0.39, 0.29) is 0 Å². The minimum Gasteiger partial charge on any atom is -0.341 e. The molecule has 3 rings (SSSR count). The summed E-state index contributed by atoms with van der Waals surface area (Å²) < 4.78 is 0. The summed E-state index contributed by atoms with van der Waals surface area (Å²) in [4.78, 5) is 8.11. The first-order chi connectivity index (χ1) is 8.16. The van der Waals surface area contributed by atoms with Gasteiger partial charge in [-0.1, -0.05) is 18.5 Å². The highest BCUT2D eigenvalue weighted by atomic mass is 35.5. The molecule has 1 aromatic carbocycles. The van der Waals surface area contributed by atoms with Gasteiger partial charge < -0.3 is 10.3 Å². The van der Waals surface area contributed by atoms with Gasteiger partial charge >= 0.3 is 0 Å². The van der Waals surface area contributed by atoms with Crippen molar-refractivity contribution in [2.45, 2.75) is 26.3 Å². The van der Waals surface area contributed by atoms with Crippen LogP contribution in [0.5, 0.6) is 0 Å². The molecule has 2 N–H and O–H groups in total. The second-order valence-electron chi connectivity index (χ2n) is 4.89. The molecule has 1 aliphatic rings. The van der Waals surface area contributed by atoms with Gasteiger partial charge in [0.2, 0.25) is 0 Å². The molecule has 4 heteroatoms. The maximum absolute atomic E-state index is 6.12. The van der Waals surface area contributed by atoms with Crippen molar-refractivity contribution in [3.63, 3.8) is 0 Å². The molecule has 1 fully saturated rings. The molecule has 3 nitrogen and oxygen atoms in total. The molecule has 2 aromatic rings. The second-order valence-corrected chi connectivity index (χ2v) is 5.30. The highest BCUT2D eigenvalue weighted by Crippen LogP contribution is 2.30. The molecule has 1 saturated heterocycles. The molecule has 17 heavy (non-hydrogen) atoms. The highest BCUT2D eigenvalue weighted by molar-refractivity contribution is 6.32. The van der Waals surface area contributed by atoms with Crippen LogP contribution >= 0.6 is 11.6 Å². The summed E-state index contributed by atoms with van der Waals surface area (Å²) in [6.07, 6.45) is 1.21. The van der Waals surface area contributed by atoms with E-state index in [2.05, 4.69) is 17.2 Å². The van der Waals surface area contributed by atoms with Gasteiger partial charge in [-0.3, -0.25) is 0 Å². The van der Waals surface area contributed by atoms with E-state index in [1.54, 1.807) is 0 Å². The van der Waals surface area contributed by atoms with Gasteiger partial charge in [0.1, 0.15) is 5.82 Å². The van der Waals surface area contributed by atoms with Gasteiger partial charge in [0.15, 0.2) is 0 Å². The zero-order valence-corrected chi connectivity index (χ0v) is 10.8. The normalized spacial score (nSPS) is 24.6. The molecule has 2 atom stereocenters. The lowest BCUT2D eigenvalue weighted by molar-refractivity contribution is 0.484. The molecule has 0 spiro atoms. The molecule has 1 aliphatic heterocycles. The van der Waals surface area contributed by atoms with Gasteiger partial charge in [-0.05, 0) is 43.5 Å². The molecule has 2 heterocycles. The lowest BCUT2D eigenvalue weighted by Crippen LogP contribution is -2.17. The van der Waals surface area contributed by atoms with Crippen molar-refractivity contribution in [2.24, 2.45) is 5.92 Å². The Morgan fingerprint density at radius 3 is 2.94 bits per heavy atom. The zero-order chi connectivity index (χ0) is 12.0. The zero-order valence-electron chi connectivity index (χ0n) is 10.0. The van der Waals surface area contributed by atoms with Crippen LogP contribution in [0.4, 0.5) is 0 Å². The lowest BCUT2D eigenvalue weighted by Gasteiger charge is -2.11. The number of fused-ring (bicyclic) bond motifs is 1. The van der Waals surface area contributed by atoms with Gasteiger partial charge in [-0.2, -0.15) is 0 Å². The van der Waals surface area contributed by atoms with E-state index < -0.39 is 0 Å². The van der Waals surface area contributed by atoms with Crippen LogP contribution in [-0.2, 0) is 0 Å². The standard InChI is InChI=1S/C13H16ClN3/c1-7-5-6-15-11(7)13-16-10-4-3-9(14)8(2)12(10)17-13/h3-4,7,11,15H,5-6H2,1-2H3,(H,16,17)/t7-,11-/m0/s1. The van der Waals surface area contributed by atoms with Crippen LogP contribution in [0.15, 0.2) is 12.1 Å². The SMILES string of the molecule is Cc1c(Cl)ccc2[nH]c([C@H]3NCC[C@@H]3C)nc12. The number of aryl methyl sites for hydroxylation is 1. The Hall–Kier alpha value is -1.06. The summed E-state index contributed by atoms with van der Waals surface area (Å²) in [5.74, 6) is 1.67. The van der Waals surface area contributed by atoms with Crippen molar-refractivity contribution in [3.05, 3.63) is 28.5 Å². The first-order valence-electron chi connectivity index (χ1n) is 6.05. The Labute approximate surface area is 106 Å². The Morgan fingerprint density at radius 2 is 2.24 bits per heavy atom. The van der Waals surface area contributed by atoms with E-state index >= 15 is 0 Å². The number of aromatic amines is 1. The van der Waals surface area contributed by atoms with E-state index in [4.69, 9.17) is 16.6 Å². The molecule has 90 valence electrons. The second kappa shape index (κ2) is 4.00. The van der Waals surface area contributed by atoms with Crippen LogP contribution in [0.3, 0.4) is 0 Å². The summed E-state index contributed by atoms with van der Waals surface area (Å²) in [7, 11) is 0. The van der Waals surface area contributed by atoms with Crippen LogP contribution in [0, 0.1) is 12.8 Å². The van der Waals surface area contributed by atoms with Crippen LogP contribution < -0.4 is 5.32 Å². The molecular weight excluding hydrogens is 234 g/mol. The van der Waals surface area contributed by atoms with Crippen LogP contribution in [-0.4, -0.2) is 16.5 Å². The van der Waals surface area contributed by atoms with Gasteiger partial charge in [0.25, 0.3) is 0 Å². The molecule has 1 aromatic heterocycles. The van der Waals surface area contributed by atoms with Crippen molar-refractivity contribution < 1.29 is 0 Å². The molecule has 0 amide bonds. The van der Waals surface area contributed by atoms with Gasteiger partial charge in [-0.15, -0.1) is 0 Å². The third-order valence-corrected chi connectivity index (χ3v) is 4.10. The van der Waals surface area contributed by atoms with Crippen molar-refractivity contribution in [2.75, 3.05) is 6.54 Å². The first kappa shape index (κ1) is 11.1. The van der Waals surface area contributed by atoms with Crippen LogP contribution in [0.25, 0.3) is 11.0 Å². The van der Waals surface area contributed by atoms with E-state index in [1.165, 1.54) is 6.42 Å². The number of hydrogen-bond acceptors (Lipinski definition) is 2. The lowest BCUT2D eigenvalue weighted by atomic mass is 10.0. The van der Waals surface area contributed by atoms with Crippen LogP contribution in [0.2, 0.25) is 5.02 Å². The largest absolute Gasteiger partial charge is 0.341 e. The number of nitrogens with zero attached hydrogens (tertiary/aromatic N) is 1. The quantitative estimate of drug-likeness (QED) is 0.815. The van der Waals surface area contributed by atoms with E-state index in [1.807, 2.05) is 19.1 Å². The number of rotatable bonds is 1. The summed E-state index contributed by atoms with van der Waals surface area (Å²) >= 11 is 6.12. The van der Waals surface area contributed by atoms with Crippen molar-refractivity contribution in [1.29, 1.82) is 0 Å². The fraction of sp³-hybridized carbons (Fsp3) is 0.462. The number of benzene rings is 1. The third-order valence-electron chi connectivity index (χ3n) is 3.69. The minimum atomic E-state index is 0.348. The fourth-order valence-corrected chi connectivity index (χ4v) is 2.71. The van der Waals surface area contributed by atoms with Gasteiger partial charge in [0, 0.05) is 5.02 Å². The van der Waals surface area contributed by atoms with E-state index in [9.17, 15) is 0 Å². The summed E-state index contributed by atoms with van der Waals surface area (Å²) in [5, 5.41) is 4.27. The van der Waals surface area contributed by atoms with Crippen molar-refractivity contribution in [3.8, 4) is 0 Å². The van der Waals surface area contributed by atoms with Crippen LogP contribution in [0.1, 0.15) is 30.8 Å². The molecule has 0 unspecified atom stereocenters. The predicted molar refractivity (Wildman–Crippen MR) is 70.4 cm³/mol. The Bertz CT molecular complexity index is 561. The first-order valence-corrected chi connectivity index (χ1v) is 6.42. The summed E-state index contributed by atoms with van der Waals surface area (Å²) in [6, 6.07) is 4.27. The average molecular weight is 250 g/mol. The molecular formula is C13H16ClN3. The maximum Gasteiger partial charge on any atom is 0.124 e. The maximum atomic E-state index is 6.12. The van der Waals surface area contributed by atoms with Gasteiger partial charge in [-0.25, -0.2) is 4.98 Å². The van der Waals surface area contributed by atoms with Crippen molar-refractivity contribution in [1.82, 2.24) is 15.3 Å². The van der Waals surface area contributed by atoms with E-state index in [0.717, 1.165) is 34.0 Å². The molecule has 0 aliphatic carbocycles.